The fraction of sp³-hybridized carbons (Fsp3) is 0.417. The SMILES string of the molecule is S=C(NCC1CCCO1)N/N=C/c1ccncc1. The molecule has 0 saturated carbocycles. The third kappa shape index (κ3) is 4.38. The second kappa shape index (κ2) is 7.03. The summed E-state index contributed by atoms with van der Waals surface area (Å²) in [5, 5.41) is 7.63. The molecule has 1 saturated heterocycles. The van der Waals surface area contributed by atoms with E-state index >= 15 is 0 Å². The number of rotatable bonds is 4. The molecule has 2 N–H and O–H groups in total. The summed E-state index contributed by atoms with van der Waals surface area (Å²) in [7, 11) is 0. The number of pyridine rings is 1. The van der Waals surface area contributed by atoms with Crippen LogP contribution < -0.4 is 10.7 Å². The van der Waals surface area contributed by atoms with Gasteiger partial charge in [-0.2, -0.15) is 5.10 Å². The van der Waals surface area contributed by atoms with Gasteiger partial charge in [-0.25, -0.2) is 0 Å². The second-order valence-electron chi connectivity index (χ2n) is 4.00. The first kappa shape index (κ1) is 12.9. The summed E-state index contributed by atoms with van der Waals surface area (Å²) in [6.07, 6.45) is 7.63. The van der Waals surface area contributed by atoms with Crippen molar-refractivity contribution in [1.82, 2.24) is 15.7 Å². The zero-order valence-corrected chi connectivity index (χ0v) is 10.8. The van der Waals surface area contributed by atoms with Crippen LogP contribution in [0.3, 0.4) is 0 Å². The first-order valence-electron chi connectivity index (χ1n) is 5.93. The maximum Gasteiger partial charge on any atom is 0.187 e. The number of hydrogen-bond donors (Lipinski definition) is 2. The first-order valence-corrected chi connectivity index (χ1v) is 6.34. The predicted molar refractivity (Wildman–Crippen MR) is 74.5 cm³/mol. The van der Waals surface area contributed by atoms with Gasteiger partial charge in [0.2, 0.25) is 0 Å². The molecular formula is C12H16N4OS. The van der Waals surface area contributed by atoms with Gasteiger partial charge in [-0.15, -0.1) is 0 Å². The minimum Gasteiger partial charge on any atom is -0.376 e. The van der Waals surface area contributed by atoms with Crippen molar-refractivity contribution in [3.05, 3.63) is 30.1 Å². The van der Waals surface area contributed by atoms with Gasteiger partial charge in [0.05, 0.1) is 12.3 Å². The normalized spacial score (nSPS) is 19.0. The largest absolute Gasteiger partial charge is 0.376 e. The highest BCUT2D eigenvalue weighted by Crippen LogP contribution is 2.10. The van der Waals surface area contributed by atoms with Crippen molar-refractivity contribution < 1.29 is 4.74 Å². The summed E-state index contributed by atoms with van der Waals surface area (Å²) in [5.74, 6) is 0. The monoisotopic (exact) mass is 264 g/mol. The minimum atomic E-state index is 0.272. The molecule has 2 rings (SSSR count). The summed E-state index contributed by atoms with van der Waals surface area (Å²) in [6, 6.07) is 3.74. The molecule has 96 valence electrons. The molecule has 0 amide bonds. The zero-order chi connectivity index (χ0) is 12.6. The van der Waals surface area contributed by atoms with E-state index in [0.29, 0.717) is 5.11 Å². The number of ether oxygens (including phenoxy) is 1. The summed E-state index contributed by atoms with van der Waals surface area (Å²) in [4.78, 5) is 3.93. The number of nitrogens with one attached hydrogen (secondary N) is 2. The van der Waals surface area contributed by atoms with Gasteiger partial charge in [-0.05, 0) is 42.8 Å². The average Bonchev–Trinajstić information content (AvgIpc) is 2.91. The molecule has 1 fully saturated rings. The number of hydrogen-bond acceptors (Lipinski definition) is 4. The van der Waals surface area contributed by atoms with Crippen molar-refractivity contribution in [1.29, 1.82) is 0 Å². The van der Waals surface area contributed by atoms with Crippen LogP contribution in [0.5, 0.6) is 0 Å². The van der Waals surface area contributed by atoms with Crippen LogP contribution in [0.2, 0.25) is 0 Å². The molecule has 1 aromatic rings. The molecule has 6 heteroatoms. The molecule has 0 aliphatic carbocycles. The molecule has 0 spiro atoms. The van der Waals surface area contributed by atoms with Gasteiger partial charge >= 0.3 is 0 Å². The van der Waals surface area contributed by atoms with Gasteiger partial charge in [-0.3, -0.25) is 10.4 Å². The molecule has 0 bridgehead atoms. The third-order valence-electron chi connectivity index (χ3n) is 2.60. The number of thiocarbonyl (C=S) groups is 1. The predicted octanol–water partition coefficient (Wildman–Crippen LogP) is 1.06. The van der Waals surface area contributed by atoms with Crippen LogP contribution in [0.4, 0.5) is 0 Å². The van der Waals surface area contributed by atoms with Gasteiger partial charge < -0.3 is 10.1 Å². The molecular weight excluding hydrogens is 248 g/mol. The highest BCUT2D eigenvalue weighted by molar-refractivity contribution is 7.80. The number of hydrazone groups is 1. The Morgan fingerprint density at radius 3 is 3.11 bits per heavy atom. The van der Waals surface area contributed by atoms with Crippen molar-refractivity contribution in [2.24, 2.45) is 5.10 Å². The lowest BCUT2D eigenvalue weighted by Gasteiger charge is -2.11. The fourth-order valence-corrected chi connectivity index (χ4v) is 1.80. The van der Waals surface area contributed by atoms with Crippen molar-refractivity contribution in [2.45, 2.75) is 18.9 Å². The Hall–Kier alpha value is -1.53. The molecule has 1 aliphatic rings. The molecule has 0 radical (unpaired) electrons. The van der Waals surface area contributed by atoms with Gasteiger partial charge in [0, 0.05) is 25.5 Å². The van der Waals surface area contributed by atoms with Crippen molar-refractivity contribution in [2.75, 3.05) is 13.2 Å². The fourth-order valence-electron chi connectivity index (χ4n) is 1.67. The van der Waals surface area contributed by atoms with E-state index in [0.717, 1.165) is 31.6 Å². The smallest absolute Gasteiger partial charge is 0.187 e. The molecule has 18 heavy (non-hydrogen) atoms. The maximum absolute atomic E-state index is 5.48. The van der Waals surface area contributed by atoms with Gasteiger partial charge in [0.1, 0.15) is 0 Å². The molecule has 1 unspecified atom stereocenters. The third-order valence-corrected chi connectivity index (χ3v) is 2.84. The van der Waals surface area contributed by atoms with Crippen LogP contribution in [-0.2, 0) is 4.74 Å². The molecule has 0 aromatic carbocycles. The highest BCUT2D eigenvalue weighted by atomic mass is 32.1. The summed E-state index contributed by atoms with van der Waals surface area (Å²) in [5.41, 5.74) is 3.74. The Kier molecular flexibility index (Phi) is 5.04. The zero-order valence-electron chi connectivity index (χ0n) is 10.0. The lowest BCUT2D eigenvalue weighted by Crippen LogP contribution is -2.37. The van der Waals surface area contributed by atoms with E-state index in [1.54, 1.807) is 18.6 Å². The first-order chi connectivity index (χ1) is 8.84. The van der Waals surface area contributed by atoms with Crippen LogP contribution in [0, 0.1) is 0 Å². The Morgan fingerprint density at radius 1 is 1.56 bits per heavy atom. The lowest BCUT2D eigenvalue weighted by molar-refractivity contribution is 0.114. The van der Waals surface area contributed by atoms with E-state index in [1.807, 2.05) is 12.1 Å². The van der Waals surface area contributed by atoms with E-state index in [2.05, 4.69) is 20.8 Å². The summed E-state index contributed by atoms with van der Waals surface area (Å²) >= 11 is 5.10. The van der Waals surface area contributed by atoms with Crippen LogP contribution in [0.25, 0.3) is 0 Å². The van der Waals surface area contributed by atoms with Crippen LogP contribution in [-0.4, -0.2) is 35.6 Å². The van der Waals surface area contributed by atoms with Crippen LogP contribution in [0.15, 0.2) is 29.6 Å². The average molecular weight is 264 g/mol. The summed E-state index contributed by atoms with van der Waals surface area (Å²) < 4.78 is 5.48. The lowest BCUT2D eigenvalue weighted by atomic mass is 10.2. The van der Waals surface area contributed by atoms with E-state index in [4.69, 9.17) is 17.0 Å². The molecule has 1 atom stereocenters. The number of nitrogens with zero attached hydrogens (tertiary/aromatic N) is 2. The van der Waals surface area contributed by atoms with E-state index in [9.17, 15) is 0 Å². The van der Waals surface area contributed by atoms with Gasteiger partial charge in [-0.1, -0.05) is 0 Å². The van der Waals surface area contributed by atoms with Crippen molar-refractivity contribution >= 4 is 23.5 Å². The molecule has 1 aliphatic heterocycles. The van der Waals surface area contributed by atoms with Gasteiger partial charge in [0.25, 0.3) is 0 Å². The van der Waals surface area contributed by atoms with E-state index in [1.165, 1.54) is 0 Å². The molecule has 2 heterocycles. The van der Waals surface area contributed by atoms with Gasteiger partial charge in [0.15, 0.2) is 5.11 Å². The summed E-state index contributed by atoms with van der Waals surface area (Å²) in [6.45, 7) is 1.59. The van der Waals surface area contributed by atoms with Crippen molar-refractivity contribution in [3.8, 4) is 0 Å². The maximum atomic E-state index is 5.48. The Labute approximate surface area is 112 Å². The topological polar surface area (TPSA) is 58.5 Å². The highest BCUT2D eigenvalue weighted by Gasteiger charge is 2.14. The standard InChI is InChI=1S/C12H16N4OS/c18-12(14-9-11-2-1-7-17-11)16-15-8-10-3-5-13-6-4-10/h3-6,8,11H,1-2,7,9H2,(H2,14,16,18)/b15-8+. The quantitative estimate of drug-likeness (QED) is 0.484. The molecule has 1 aromatic heterocycles. The Balaban J connectivity index is 1.66. The second-order valence-corrected chi connectivity index (χ2v) is 4.40. The van der Waals surface area contributed by atoms with Crippen molar-refractivity contribution in [3.63, 3.8) is 0 Å². The minimum absolute atomic E-state index is 0.272. The Morgan fingerprint density at radius 2 is 2.39 bits per heavy atom. The van der Waals surface area contributed by atoms with E-state index in [-0.39, 0.29) is 6.10 Å². The number of aromatic nitrogens is 1. The van der Waals surface area contributed by atoms with E-state index < -0.39 is 0 Å². The van der Waals surface area contributed by atoms with Crippen LogP contribution in [0.1, 0.15) is 18.4 Å². The molecule has 5 nitrogen and oxygen atoms in total. The Bertz CT molecular complexity index is 404. The van der Waals surface area contributed by atoms with Crippen LogP contribution >= 0.6 is 12.2 Å².